The van der Waals surface area contributed by atoms with Gasteiger partial charge in [0, 0.05) is 39.3 Å². The molecule has 1 atom stereocenters. The molecule has 3 nitrogen and oxygen atoms in total. The Balaban J connectivity index is 2.22. The van der Waals surface area contributed by atoms with Crippen molar-refractivity contribution in [2.75, 3.05) is 45.8 Å². The minimum Gasteiger partial charge on any atom is -0.330 e. The fourth-order valence-corrected chi connectivity index (χ4v) is 2.73. The first kappa shape index (κ1) is 14.9. The van der Waals surface area contributed by atoms with Gasteiger partial charge in [0.05, 0.1) is 0 Å². The SMILES string of the molecule is CCCC(CN)CN1CCN(CC(C)C)CC1. The second kappa shape index (κ2) is 8.06. The number of hydrogen-bond acceptors (Lipinski definition) is 3. The van der Waals surface area contributed by atoms with Crippen molar-refractivity contribution in [1.29, 1.82) is 0 Å². The van der Waals surface area contributed by atoms with E-state index in [0.717, 1.165) is 12.5 Å². The van der Waals surface area contributed by atoms with Gasteiger partial charge >= 0.3 is 0 Å². The van der Waals surface area contributed by atoms with Gasteiger partial charge < -0.3 is 15.5 Å². The molecule has 0 amide bonds. The molecule has 0 spiro atoms. The summed E-state index contributed by atoms with van der Waals surface area (Å²) in [5, 5.41) is 0. The van der Waals surface area contributed by atoms with E-state index in [0.29, 0.717) is 5.92 Å². The largest absolute Gasteiger partial charge is 0.330 e. The summed E-state index contributed by atoms with van der Waals surface area (Å²) in [5.41, 5.74) is 5.83. The van der Waals surface area contributed by atoms with E-state index in [-0.39, 0.29) is 0 Å². The summed E-state index contributed by atoms with van der Waals surface area (Å²) in [4.78, 5) is 5.20. The maximum atomic E-state index is 5.83. The third kappa shape index (κ3) is 5.84. The first-order valence-corrected chi connectivity index (χ1v) is 7.30. The highest BCUT2D eigenvalue weighted by Gasteiger charge is 2.19. The van der Waals surface area contributed by atoms with E-state index >= 15 is 0 Å². The van der Waals surface area contributed by atoms with Gasteiger partial charge in [0.25, 0.3) is 0 Å². The van der Waals surface area contributed by atoms with E-state index in [9.17, 15) is 0 Å². The number of hydrogen-bond donors (Lipinski definition) is 1. The molecular weight excluding hydrogens is 210 g/mol. The second-order valence-electron chi connectivity index (χ2n) is 5.89. The summed E-state index contributed by atoms with van der Waals surface area (Å²) in [5.74, 6) is 1.50. The minimum absolute atomic E-state index is 0.705. The van der Waals surface area contributed by atoms with Crippen molar-refractivity contribution in [2.24, 2.45) is 17.6 Å². The lowest BCUT2D eigenvalue weighted by molar-refractivity contribution is 0.108. The number of nitrogens with two attached hydrogens (primary N) is 1. The van der Waals surface area contributed by atoms with Crippen LogP contribution in [-0.2, 0) is 0 Å². The van der Waals surface area contributed by atoms with Gasteiger partial charge in [0.15, 0.2) is 0 Å². The van der Waals surface area contributed by atoms with Crippen LogP contribution in [0.2, 0.25) is 0 Å². The molecule has 0 aromatic carbocycles. The summed E-state index contributed by atoms with van der Waals surface area (Å²) in [6.45, 7) is 15.1. The lowest BCUT2D eigenvalue weighted by atomic mass is 10.0. The van der Waals surface area contributed by atoms with Crippen molar-refractivity contribution >= 4 is 0 Å². The summed E-state index contributed by atoms with van der Waals surface area (Å²) >= 11 is 0. The van der Waals surface area contributed by atoms with E-state index in [1.54, 1.807) is 0 Å². The van der Waals surface area contributed by atoms with E-state index in [2.05, 4.69) is 30.6 Å². The highest BCUT2D eigenvalue weighted by Crippen LogP contribution is 2.10. The van der Waals surface area contributed by atoms with Gasteiger partial charge in [-0.25, -0.2) is 0 Å². The maximum absolute atomic E-state index is 5.83. The average molecular weight is 241 g/mol. The predicted octanol–water partition coefficient (Wildman–Crippen LogP) is 1.64. The van der Waals surface area contributed by atoms with Gasteiger partial charge in [-0.05, 0) is 24.8 Å². The number of nitrogens with zero attached hydrogens (tertiary/aromatic N) is 2. The average Bonchev–Trinajstić information content (AvgIpc) is 2.30. The third-order valence-electron chi connectivity index (χ3n) is 3.63. The fraction of sp³-hybridized carbons (Fsp3) is 1.00. The molecule has 0 aromatic heterocycles. The zero-order valence-electron chi connectivity index (χ0n) is 12.0. The van der Waals surface area contributed by atoms with Crippen LogP contribution in [-0.4, -0.2) is 55.6 Å². The molecule has 1 fully saturated rings. The summed E-state index contributed by atoms with van der Waals surface area (Å²) in [6.07, 6.45) is 2.54. The van der Waals surface area contributed by atoms with Gasteiger partial charge in [0.2, 0.25) is 0 Å². The Kier molecular flexibility index (Phi) is 7.09. The lowest BCUT2D eigenvalue weighted by Crippen LogP contribution is -2.49. The molecule has 1 saturated heterocycles. The number of rotatable bonds is 7. The van der Waals surface area contributed by atoms with Crippen LogP contribution < -0.4 is 5.73 Å². The second-order valence-corrected chi connectivity index (χ2v) is 5.89. The topological polar surface area (TPSA) is 32.5 Å². The molecule has 0 saturated carbocycles. The van der Waals surface area contributed by atoms with Crippen molar-refractivity contribution < 1.29 is 0 Å². The van der Waals surface area contributed by atoms with E-state index in [1.165, 1.54) is 52.1 Å². The minimum atomic E-state index is 0.705. The molecule has 0 bridgehead atoms. The molecule has 0 radical (unpaired) electrons. The molecule has 1 unspecified atom stereocenters. The molecule has 0 aromatic rings. The molecular formula is C14H31N3. The van der Waals surface area contributed by atoms with Crippen molar-refractivity contribution in [2.45, 2.75) is 33.6 Å². The Morgan fingerprint density at radius 3 is 1.94 bits per heavy atom. The molecule has 0 aliphatic carbocycles. The molecule has 2 N–H and O–H groups in total. The van der Waals surface area contributed by atoms with Crippen LogP contribution in [0.25, 0.3) is 0 Å². The smallest absolute Gasteiger partial charge is 0.0110 e. The quantitative estimate of drug-likeness (QED) is 0.735. The van der Waals surface area contributed by atoms with Crippen LogP contribution in [0.5, 0.6) is 0 Å². The van der Waals surface area contributed by atoms with Crippen molar-refractivity contribution in [3.8, 4) is 0 Å². The first-order chi connectivity index (χ1) is 8.15. The van der Waals surface area contributed by atoms with Crippen LogP contribution in [0.15, 0.2) is 0 Å². The first-order valence-electron chi connectivity index (χ1n) is 7.30. The van der Waals surface area contributed by atoms with Gasteiger partial charge in [-0.15, -0.1) is 0 Å². The summed E-state index contributed by atoms with van der Waals surface area (Å²) in [7, 11) is 0. The molecule has 1 aliphatic rings. The highest BCUT2D eigenvalue weighted by molar-refractivity contribution is 4.75. The van der Waals surface area contributed by atoms with E-state index < -0.39 is 0 Å². The van der Waals surface area contributed by atoms with Crippen LogP contribution in [0.3, 0.4) is 0 Å². The Bertz CT molecular complexity index is 186. The van der Waals surface area contributed by atoms with Gasteiger partial charge in [-0.1, -0.05) is 27.2 Å². The Morgan fingerprint density at radius 2 is 1.53 bits per heavy atom. The number of piperazine rings is 1. The van der Waals surface area contributed by atoms with Crippen LogP contribution >= 0.6 is 0 Å². The lowest BCUT2D eigenvalue weighted by Gasteiger charge is -2.37. The Labute approximate surface area is 107 Å². The Morgan fingerprint density at radius 1 is 1.00 bits per heavy atom. The van der Waals surface area contributed by atoms with Gasteiger partial charge in [0.1, 0.15) is 0 Å². The Hall–Kier alpha value is -0.120. The molecule has 1 rings (SSSR count). The van der Waals surface area contributed by atoms with Crippen molar-refractivity contribution in [3.63, 3.8) is 0 Å². The van der Waals surface area contributed by atoms with E-state index in [4.69, 9.17) is 5.73 Å². The zero-order chi connectivity index (χ0) is 12.7. The molecule has 3 heteroatoms. The van der Waals surface area contributed by atoms with Gasteiger partial charge in [-0.2, -0.15) is 0 Å². The van der Waals surface area contributed by atoms with E-state index in [1.807, 2.05) is 0 Å². The van der Waals surface area contributed by atoms with Crippen LogP contribution in [0, 0.1) is 11.8 Å². The van der Waals surface area contributed by atoms with Gasteiger partial charge in [-0.3, -0.25) is 0 Å². The van der Waals surface area contributed by atoms with Crippen LogP contribution in [0.1, 0.15) is 33.6 Å². The molecule has 102 valence electrons. The summed E-state index contributed by atoms with van der Waals surface area (Å²) < 4.78 is 0. The predicted molar refractivity (Wildman–Crippen MR) is 75.2 cm³/mol. The standard InChI is InChI=1S/C14H31N3/c1-4-5-14(10-15)12-17-8-6-16(7-9-17)11-13(2)3/h13-14H,4-12,15H2,1-3H3. The summed E-state index contributed by atoms with van der Waals surface area (Å²) in [6, 6.07) is 0. The van der Waals surface area contributed by atoms with Crippen molar-refractivity contribution in [1.82, 2.24) is 9.80 Å². The molecule has 1 heterocycles. The normalized spacial score (nSPS) is 21.0. The fourth-order valence-electron chi connectivity index (χ4n) is 2.73. The van der Waals surface area contributed by atoms with Crippen molar-refractivity contribution in [3.05, 3.63) is 0 Å². The zero-order valence-corrected chi connectivity index (χ0v) is 12.0. The molecule has 1 aliphatic heterocycles. The van der Waals surface area contributed by atoms with Crippen LogP contribution in [0.4, 0.5) is 0 Å². The molecule has 17 heavy (non-hydrogen) atoms. The maximum Gasteiger partial charge on any atom is 0.0110 e. The highest BCUT2D eigenvalue weighted by atomic mass is 15.3. The monoisotopic (exact) mass is 241 g/mol. The third-order valence-corrected chi connectivity index (χ3v) is 3.63.